The van der Waals surface area contributed by atoms with E-state index in [0.29, 0.717) is 12.2 Å². The van der Waals surface area contributed by atoms with Crippen LogP contribution in [0, 0.1) is 0 Å². The summed E-state index contributed by atoms with van der Waals surface area (Å²) in [4.78, 5) is 15.1. The van der Waals surface area contributed by atoms with Crippen LogP contribution < -0.4 is 5.32 Å². The molecule has 168 valence electrons. The number of furan rings is 1. The van der Waals surface area contributed by atoms with Crippen LogP contribution in [0.4, 0.5) is 0 Å². The molecule has 1 amide bonds. The van der Waals surface area contributed by atoms with E-state index in [1.165, 1.54) is 11.1 Å². The van der Waals surface area contributed by atoms with Crippen molar-refractivity contribution in [2.75, 3.05) is 14.1 Å². The monoisotopic (exact) mass is 450 g/mol. The molecule has 0 spiro atoms. The van der Waals surface area contributed by atoms with E-state index in [1.54, 1.807) is 6.07 Å². The molecule has 0 bridgehead atoms. The van der Waals surface area contributed by atoms with Gasteiger partial charge in [0, 0.05) is 23.0 Å². The van der Waals surface area contributed by atoms with Crippen LogP contribution in [0.15, 0.2) is 71.1 Å². The van der Waals surface area contributed by atoms with Gasteiger partial charge in [0.1, 0.15) is 5.76 Å². The highest BCUT2D eigenvalue weighted by Crippen LogP contribution is 2.35. The molecule has 0 aliphatic heterocycles. The maximum absolute atomic E-state index is 12.8. The predicted molar refractivity (Wildman–Crippen MR) is 129 cm³/mol. The maximum Gasteiger partial charge on any atom is 0.287 e. The quantitative estimate of drug-likeness (QED) is 0.499. The summed E-state index contributed by atoms with van der Waals surface area (Å²) in [5, 5.41) is 3.96. The van der Waals surface area contributed by atoms with Crippen LogP contribution in [0.1, 0.15) is 53.1 Å². The zero-order valence-electron chi connectivity index (χ0n) is 18.8. The second-order valence-corrected chi connectivity index (χ2v) is 9.53. The lowest BCUT2D eigenvalue weighted by molar-refractivity contribution is 0.0753. The second-order valence-electron chi connectivity index (χ2n) is 9.10. The highest BCUT2D eigenvalue weighted by atomic mass is 35.5. The van der Waals surface area contributed by atoms with Crippen molar-refractivity contribution < 1.29 is 9.21 Å². The lowest BCUT2D eigenvalue weighted by atomic mass is 9.75. The molecule has 4 rings (SSSR count). The van der Waals surface area contributed by atoms with Gasteiger partial charge < -0.3 is 14.6 Å². The molecule has 1 N–H and O–H groups in total. The Morgan fingerprint density at radius 2 is 1.69 bits per heavy atom. The summed E-state index contributed by atoms with van der Waals surface area (Å²) in [6, 6.07) is 22.1. The Kier molecular flexibility index (Phi) is 7.02. The molecule has 3 aromatic rings. The Morgan fingerprint density at radius 1 is 1.00 bits per heavy atom. The van der Waals surface area contributed by atoms with Crippen molar-refractivity contribution in [1.82, 2.24) is 10.2 Å². The maximum atomic E-state index is 12.8. The lowest BCUT2D eigenvalue weighted by Gasteiger charge is -2.45. The Labute approximate surface area is 195 Å². The Morgan fingerprint density at radius 3 is 2.34 bits per heavy atom. The van der Waals surface area contributed by atoms with E-state index >= 15 is 0 Å². The van der Waals surface area contributed by atoms with Gasteiger partial charge in [-0.15, -0.1) is 0 Å². The van der Waals surface area contributed by atoms with E-state index in [2.05, 4.69) is 48.6 Å². The van der Waals surface area contributed by atoms with Gasteiger partial charge in [-0.2, -0.15) is 0 Å². The van der Waals surface area contributed by atoms with Crippen LogP contribution in [0.5, 0.6) is 0 Å². The van der Waals surface area contributed by atoms with E-state index in [1.807, 2.05) is 36.4 Å². The third kappa shape index (κ3) is 5.43. The molecule has 2 aromatic carbocycles. The van der Waals surface area contributed by atoms with Crippen molar-refractivity contribution in [1.29, 1.82) is 0 Å². The summed E-state index contributed by atoms with van der Waals surface area (Å²) in [6.45, 7) is 0. The smallest absolute Gasteiger partial charge is 0.287 e. The number of benzene rings is 2. The number of carbonyl (C=O) groups excluding carboxylic acids is 1. The summed E-state index contributed by atoms with van der Waals surface area (Å²) in [7, 11) is 4.32. The Hall–Kier alpha value is -2.56. The Bertz CT molecular complexity index is 1020. The molecule has 1 saturated carbocycles. The minimum absolute atomic E-state index is 0.0998. The minimum atomic E-state index is -0.121. The van der Waals surface area contributed by atoms with Crippen molar-refractivity contribution in [3.05, 3.63) is 94.4 Å². The third-order valence-electron chi connectivity index (χ3n) is 6.75. The number of amides is 1. The first-order chi connectivity index (χ1) is 15.4. The van der Waals surface area contributed by atoms with Crippen LogP contribution in [0.2, 0.25) is 5.02 Å². The van der Waals surface area contributed by atoms with Crippen LogP contribution in [0.3, 0.4) is 0 Å². The number of rotatable bonds is 7. The first kappa shape index (κ1) is 22.6. The zero-order valence-corrected chi connectivity index (χ0v) is 19.6. The SMILES string of the molecule is CN(C)C1(Cc2ccc(Cl)cc2)CCC(NC(=O)c2ccc(Cc3ccccc3)o2)CC1. The number of carbonyl (C=O) groups is 1. The van der Waals surface area contributed by atoms with Crippen molar-refractivity contribution in [2.24, 2.45) is 0 Å². The molecule has 0 radical (unpaired) electrons. The summed E-state index contributed by atoms with van der Waals surface area (Å²) in [5.41, 5.74) is 2.57. The van der Waals surface area contributed by atoms with Gasteiger partial charge in [0.2, 0.25) is 0 Å². The van der Waals surface area contributed by atoms with Crippen molar-refractivity contribution in [2.45, 2.75) is 50.1 Å². The average molecular weight is 451 g/mol. The minimum Gasteiger partial charge on any atom is -0.456 e. The molecular formula is C27H31ClN2O2. The summed E-state index contributed by atoms with van der Waals surface area (Å²) >= 11 is 6.05. The number of hydrogen-bond donors (Lipinski definition) is 1. The van der Waals surface area contributed by atoms with E-state index in [9.17, 15) is 4.79 Å². The van der Waals surface area contributed by atoms with Gasteiger partial charge in [-0.05, 0) is 81.6 Å². The molecule has 1 aromatic heterocycles. The largest absolute Gasteiger partial charge is 0.456 e. The molecule has 4 nitrogen and oxygen atoms in total. The molecule has 0 saturated heterocycles. The number of nitrogens with zero attached hydrogens (tertiary/aromatic N) is 1. The zero-order chi connectivity index (χ0) is 22.6. The van der Waals surface area contributed by atoms with E-state index < -0.39 is 0 Å². The van der Waals surface area contributed by atoms with Crippen LogP contribution in [-0.2, 0) is 12.8 Å². The topological polar surface area (TPSA) is 45.5 Å². The highest BCUT2D eigenvalue weighted by molar-refractivity contribution is 6.30. The lowest BCUT2D eigenvalue weighted by Crippen LogP contribution is -2.52. The van der Waals surface area contributed by atoms with Gasteiger partial charge in [0.05, 0.1) is 0 Å². The molecular weight excluding hydrogens is 420 g/mol. The fraction of sp³-hybridized carbons (Fsp3) is 0.370. The van der Waals surface area contributed by atoms with Crippen LogP contribution in [0.25, 0.3) is 0 Å². The molecule has 1 aliphatic rings. The first-order valence-electron chi connectivity index (χ1n) is 11.3. The number of hydrogen-bond acceptors (Lipinski definition) is 3. The molecule has 1 heterocycles. The fourth-order valence-electron chi connectivity index (χ4n) is 4.71. The highest BCUT2D eigenvalue weighted by Gasteiger charge is 2.37. The summed E-state index contributed by atoms with van der Waals surface area (Å²) in [6.07, 6.45) is 5.65. The fourth-order valence-corrected chi connectivity index (χ4v) is 4.84. The normalized spacial score (nSPS) is 20.9. The predicted octanol–water partition coefficient (Wildman–Crippen LogP) is 5.74. The molecule has 5 heteroatoms. The molecule has 32 heavy (non-hydrogen) atoms. The van der Waals surface area contributed by atoms with Gasteiger partial charge in [-0.3, -0.25) is 4.79 Å². The van der Waals surface area contributed by atoms with E-state index in [0.717, 1.165) is 42.9 Å². The number of halogens is 1. The third-order valence-corrected chi connectivity index (χ3v) is 7.01. The van der Waals surface area contributed by atoms with Gasteiger partial charge in [-0.1, -0.05) is 54.1 Å². The summed E-state index contributed by atoms with van der Waals surface area (Å²) < 4.78 is 5.83. The molecule has 0 atom stereocenters. The molecule has 1 aliphatic carbocycles. The van der Waals surface area contributed by atoms with Gasteiger partial charge in [0.25, 0.3) is 5.91 Å². The van der Waals surface area contributed by atoms with Gasteiger partial charge in [-0.25, -0.2) is 0 Å². The number of nitrogens with one attached hydrogen (secondary N) is 1. The van der Waals surface area contributed by atoms with E-state index in [-0.39, 0.29) is 17.5 Å². The van der Waals surface area contributed by atoms with Crippen LogP contribution >= 0.6 is 11.6 Å². The molecule has 1 fully saturated rings. The molecule has 0 unspecified atom stereocenters. The van der Waals surface area contributed by atoms with Gasteiger partial charge in [0.15, 0.2) is 5.76 Å². The average Bonchev–Trinajstić information content (AvgIpc) is 3.26. The van der Waals surface area contributed by atoms with Crippen molar-refractivity contribution in [3.63, 3.8) is 0 Å². The Balaban J connectivity index is 1.33. The van der Waals surface area contributed by atoms with Crippen LogP contribution in [-0.4, -0.2) is 36.5 Å². The standard InChI is InChI=1S/C27H31ClN2O2/c1-30(2)27(19-21-8-10-22(28)11-9-21)16-14-23(15-17-27)29-26(31)25-13-12-24(32-25)18-20-6-4-3-5-7-20/h3-13,23H,14-19H2,1-2H3,(H,29,31). The summed E-state index contributed by atoms with van der Waals surface area (Å²) in [5.74, 6) is 1.07. The first-order valence-corrected chi connectivity index (χ1v) is 11.7. The van der Waals surface area contributed by atoms with Crippen molar-refractivity contribution >= 4 is 17.5 Å². The van der Waals surface area contributed by atoms with Gasteiger partial charge >= 0.3 is 0 Å². The van der Waals surface area contributed by atoms with E-state index in [4.69, 9.17) is 16.0 Å². The van der Waals surface area contributed by atoms with Crippen molar-refractivity contribution in [3.8, 4) is 0 Å². The second kappa shape index (κ2) is 9.93. The number of likely N-dealkylation sites (N-methyl/N-ethyl adjacent to an activating group) is 1.